The fourth-order valence-electron chi connectivity index (χ4n) is 2.27. The summed E-state index contributed by atoms with van der Waals surface area (Å²) in [6.07, 6.45) is 6.46. The van der Waals surface area contributed by atoms with Crippen molar-refractivity contribution in [3.05, 3.63) is 18.1 Å². The van der Waals surface area contributed by atoms with Crippen LogP contribution >= 0.6 is 0 Å². The first kappa shape index (κ1) is 12.3. The molecule has 0 bridgehead atoms. The fraction of sp³-hybridized carbons (Fsp3) is 0.714. The van der Waals surface area contributed by atoms with Crippen LogP contribution in [0.25, 0.3) is 0 Å². The molecule has 2 heterocycles. The number of piperidine rings is 1. The van der Waals surface area contributed by atoms with Gasteiger partial charge in [-0.15, -0.1) is 0 Å². The van der Waals surface area contributed by atoms with E-state index in [1.165, 1.54) is 12.8 Å². The van der Waals surface area contributed by atoms with Gasteiger partial charge in [0.1, 0.15) is 5.82 Å². The Hall–Kier alpha value is -1.12. The summed E-state index contributed by atoms with van der Waals surface area (Å²) in [5.41, 5.74) is 1.15. The molecule has 1 saturated heterocycles. The second-order valence-corrected chi connectivity index (χ2v) is 6.20. The predicted molar refractivity (Wildman–Crippen MR) is 71.3 cm³/mol. The van der Waals surface area contributed by atoms with Crippen LogP contribution in [0.3, 0.4) is 0 Å². The van der Waals surface area contributed by atoms with Crippen molar-refractivity contribution in [3.8, 4) is 0 Å². The largest absolute Gasteiger partial charge is 0.355 e. The van der Waals surface area contributed by atoms with Crippen LogP contribution in [-0.4, -0.2) is 23.1 Å². The first-order valence-corrected chi connectivity index (χ1v) is 6.54. The van der Waals surface area contributed by atoms with E-state index in [0.29, 0.717) is 0 Å². The zero-order valence-electron chi connectivity index (χ0n) is 11.4. The van der Waals surface area contributed by atoms with Crippen molar-refractivity contribution < 1.29 is 0 Å². The molecule has 0 radical (unpaired) electrons. The van der Waals surface area contributed by atoms with Crippen LogP contribution in [0.4, 0.5) is 5.82 Å². The zero-order valence-corrected chi connectivity index (χ0v) is 11.4. The molecule has 1 aromatic rings. The minimum atomic E-state index is 0.0840. The van der Waals surface area contributed by atoms with Crippen molar-refractivity contribution >= 4 is 5.82 Å². The molecule has 3 heteroatoms. The van der Waals surface area contributed by atoms with Gasteiger partial charge in [-0.25, -0.2) is 4.98 Å². The predicted octanol–water partition coefficient (Wildman–Crippen LogP) is 3.01. The van der Waals surface area contributed by atoms with Gasteiger partial charge in [0.15, 0.2) is 0 Å². The molecular weight excluding hydrogens is 210 g/mol. The van der Waals surface area contributed by atoms with Crippen molar-refractivity contribution in [3.63, 3.8) is 0 Å². The Labute approximate surface area is 104 Å². The van der Waals surface area contributed by atoms with E-state index < -0.39 is 0 Å². The highest BCUT2D eigenvalue weighted by Crippen LogP contribution is 2.23. The van der Waals surface area contributed by atoms with Crippen molar-refractivity contribution in [1.82, 2.24) is 9.97 Å². The molecule has 3 nitrogen and oxygen atoms in total. The number of anilines is 1. The second-order valence-electron chi connectivity index (χ2n) is 6.20. The van der Waals surface area contributed by atoms with Crippen LogP contribution in [0, 0.1) is 5.92 Å². The molecule has 1 aliphatic rings. The Kier molecular flexibility index (Phi) is 3.36. The van der Waals surface area contributed by atoms with E-state index in [2.05, 4.69) is 42.6 Å². The van der Waals surface area contributed by atoms with Crippen LogP contribution in [-0.2, 0) is 5.41 Å². The normalized spacial score (nSPS) is 21.6. The quantitative estimate of drug-likeness (QED) is 0.746. The van der Waals surface area contributed by atoms with Crippen molar-refractivity contribution in [2.75, 3.05) is 18.0 Å². The van der Waals surface area contributed by atoms with Crippen LogP contribution in [0.1, 0.15) is 46.2 Å². The molecule has 0 amide bonds. The van der Waals surface area contributed by atoms with Crippen molar-refractivity contribution in [2.45, 2.75) is 46.0 Å². The molecule has 17 heavy (non-hydrogen) atoms. The lowest BCUT2D eigenvalue weighted by Crippen LogP contribution is -2.35. The maximum Gasteiger partial charge on any atom is 0.147 e. The average Bonchev–Trinajstić information content (AvgIpc) is 2.28. The Morgan fingerprint density at radius 1 is 1.24 bits per heavy atom. The first-order chi connectivity index (χ1) is 7.97. The third-order valence-corrected chi connectivity index (χ3v) is 3.39. The Morgan fingerprint density at radius 3 is 2.53 bits per heavy atom. The number of hydrogen-bond donors (Lipinski definition) is 0. The van der Waals surface area contributed by atoms with E-state index in [9.17, 15) is 0 Å². The summed E-state index contributed by atoms with van der Waals surface area (Å²) in [6.45, 7) is 11.0. The van der Waals surface area contributed by atoms with Gasteiger partial charge in [0.2, 0.25) is 0 Å². The van der Waals surface area contributed by atoms with Gasteiger partial charge in [0, 0.05) is 18.5 Å². The maximum absolute atomic E-state index is 4.57. The lowest BCUT2D eigenvalue weighted by atomic mass is 9.93. The van der Waals surface area contributed by atoms with E-state index in [1.807, 2.05) is 12.4 Å². The molecule has 0 aromatic carbocycles. The monoisotopic (exact) mass is 233 g/mol. The topological polar surface area (TPSA) is 29.0 Å². The van der Waals surface area contributed by atoms with E-state index in [1.54, 1.807) is 0 Å². The summed E-state index contributed by atoms with van der Waals surface area (Å²) in [5.74, 6) is 1.80. The van der Waals surface area contributed by atoms with E-state index >= 15 is 0 Å². The van der Waals surface area contributed by atoms with Gasteiger partial charge in [0.25, 0.3) is 0 Å². The molecule has 1 aromatic heterocycles. The molecule has 0 saturated carbocycles. The molecule has 0 N–H and O–H groups in total. The van der Waals surface area contributed by atoms with Crippen LogP contribution in [0.2, 0.25) is 0 Å². The maximum atomic E-state index is 4.57. The van der Waals surface area contributed by atoms with Gasteiger partial charge in [-0.3, -0.25) is 4.98 Å². The molecule has 94 valence electrons. The molecule has 1 unspecified atom stereocenters. The number of rotatable bonds is 1. The number of hydrogen-bond acceptors (Lipinski definition) is 3. The molecule has 1 aliphatic heterocycles. The minimum absolute atomic E-state index is 0.0840. The molecule has 0 aliphatic carbocycles. The van der Waals surface area contributed by atoms with E-state index in [4.69, 9.17) is 0 Å². The highest BCUT2D eigenvalue weighted by atomic mass is 15.2. The van der Waals surface area contributed by atoms with Crippen LogP contribution in [0.5, 0.6) is 0 Å². The Bertz CT molecular complexity index is 364. The fourth-order valence-corrected chi connectivity index (χ4v) is 2.27. The molecule has 2 rings (SSSR count). The lowest BCUT2D eigenvalue weighted by molar-refractivity contribution is 0.444. The Balaban J connectivity index is 2.12. The highest BCUT2D eigenvalue weighted by molar-refractivity contribution is 5.36. The minimum Gasteiger partial charge on any atom is -0.355 e. The first-order valence-electron chi connectivity index (χ1n) is 6.54. The van der Waals surface area contributed by atoms with Crippen molar-refractivity contribution in [1.29, 1.82) is 0 Å². The van der Waals surface area contributed by atoms with Gasteiger partial charge >= 0.3 is 0 Å². The second kappa shape index (κ2) is 4.63. The van der Waals surface area contributed by atoms with Crippen LogP contribution < -0.4 is 4.90 Å². The average molecular weight is 233 g/mol. The van der Waals surface area contributed by atoms with Gasteiger partial charge in [-0.2, -0.15) is 0 Å². The van der Waals surface area contributed by atoms with E-state index in [-0.39, 0.29) is 5.41 Å². The zero-order chi connectivity index (χ0) is 12.5. The summed E-state index contributed by atoms with van der Waals surface area (Å²) in [5, 5.41) is 0. The Morgan fingerprint density at radius 2 is 2.00 bits per heavy atom. The molecule has 1 atom stereocenters. The summed E-state index contributed by atoms with van der Waals surface area (Å²) < 4.78 is 0. The van der Waals surface area contributed by atoms with Gasteiger partial charge < -0.3 is 4.90 Å². The molecule has 0 spiro atoms. The third-order valence-electron chi connectivity index (χ3n) is 3.39. The third kappa shape index (κ3) is 2.96. The van der Waals surface area contributed by atoms with Gasteiger partial charge in [-0.05, 0) is 18.8 Å². The highest BCUT2D eigenvalue weighted by Gasteiger charge is 2.19. The molecule has 1 fully saturated rings. The summed E-state index contributed by atoms with van der Waals surface area (Å²) in [4.78, 5) is 11.5. The summed E-state index contributed by atoms with van der Waals surface area (Å²) in [6, 6.07) is 0. The lowest BCUT2D eigenvalue weighted by Gasteiger charge is -2.31. The summed E-state index contributed by atoms with van der Waals surface area (Å²) >= 11 is 0. The smallest absolute Gasteiger partial charge is 0.147 e. The van der Waals surface area contributed by atoms with E-state index in [0.717, 1.165) is 30.5 Å². The number of aromatic nitrogens is 2. The SMILES string of the molecule is CC1CCCN(c2cnc(C(C)(C)C)cn2)C1. The van der Waals surface area contributed by atoms with Crippen molar-refractivity contribution in [2.24, 2.45) is 5.92 Å². The number of nitrogens with zero attached hydrogens (tertiary/aromatic N) is 3. The summed E-state index contributed by atoms with van der Waals surface area (Å²) in [7, 11) is 0. The van der Waals surface area contributed by atoms with Gasteiger partial charge in [-0.1, -0.05) is 27.7 Å². The van der Waals surface area contributed by atoms with Gasteiger partial charge in [0.05, 0.1) is 18.1 Å². The molecular formula is C14H23N3. The van der Waals surface area contributed by atoms with Crippen LogP contribution in [0.15, 0.2) is 12.4 Å². The standard InChI is InChI=1S/C14H23N3/c1-11-6-5-7-17(10-11)13-9-15-12(8-16-13)14(2,3)4/h8-9,11H,5-7,10H2,1-4H3.